The maximum atomic E-state index is 12.9. The molecule has 0 rings (SSSR count). The molecular formula is C77H140O6. The highest BCUT2D eigenvalue weighted by Gasteiger charge is 2.19. The summed E-state index contributed by atoms with van der Waals surface area (Å²) in [6, 6.07) is 0. The molecule has 1 atom stereocenters. The predicted molar refractivity (Wildman–Crippen MR) is 362 cm³/mol. The van der Waals surface area contributed by atoms with Crippen LogP contribution in [0.5, 0.6) is 0 Å². The van der Waals surface area contributed by atoms with E-state index in [2.05, 4.69) is 81.5 Å². The number of allylic oxidation sites excluding steroid dienone is 10. The summed E-state index contributed by atoms with van der Waals surface area (Å²) >= 11 is 0. The van der Waals surface area contributed by atoms with Gasteiger partial charge >= 0.3 is 17.9 Å². The van der Waals surface area contributed by atoms with Crippen molar-refractivity contribution in [1.82, 2.24) is 0 Å². The van der Waals surface area contributed by atoms with E-state index in [1.807, 2.05) is 0 Å². The summed E-state index contributed by atoms with van der Waals surface area (Å²) < 4.78 is 16.9. The van der Waals surface area contributed by atoms with Crippen molar-refractivity contribution in [3.63, 3.8) is 0 Å². The van der Waals surface area contributed by atoms with E-state index >= 15 is 0 Å². The number of hydrogen-bond donors (Lipinski definition) is 0. The molecule has 0 aliphatic carbocycles. The van der Waals surface area contributed by atoms with Crippen LogP contribution < -0.4 is 0 Å². The Morgan fingerprint density at radius 1 is 0.241 bits per heavy atom. The van der Waals surface area contributed by atoms with E-state index in [1.54, 1.807) is 0 Å². The topological polar surface area (TPSA) is 78.9 Å². The Balaban J connectivity index is 4.02. The average Bonchev–Trinajstić information content (AvgIpc) is 3.49. The molecule has 0 aromatic rings. The molecule has 83 heavy (non-hydrogen) atoms. The van der Waals surface area contributed by atoms with Crippen molar-refractivity contribution in [2.75, 3.05) is 13.2 Å². The van der Waals surface area contributed by atoms with Crippen molar-refractivity contribution in [2.45, 2.75) is 399 Å². The molecule has 0 aliphatic heterocycles. The van der Waals surface area contributed by atoms with Crippen molar-refractivity contribution in [2.24, 2.45) is 0 Å². The maximum Gasteiger partial charge on any atom is 0.306 e. The number of ether oxygens (including phenoxy) is 3. The fourth-order valence-electron chi connectivity index (χ4n) is 11.0. The van der Waals surface area contributed by atoms with Crippen LogP contribution in [-0.4, -0.2) is 37.2 Å². The van der Waals surface area contributed by atoms with E-state index in [9.17, 15) is 14.4 Å². The van der Waals surface area contributed by atoms with Gasteiger partial charge in [0.05, 0.1) is 0 Å². The number of esters is 3. The normalized spacial score (nSPS) is 12.4. The summed E-state index contributed by atoms with van der Waals surface area (Å²) in [7, 11) is 0. The van der Waals surface area contributed by atoms with E-state index in [0.29, 0.717) is 19.3 Å². The Morgan fingerprint density at radius 2 is 0.434 bits per heavy atom. The van der Waals surface area contributed by atoms with Crippen molar-refractivity contribution in [3.05, 3.63) is 60.8 Å². The lowest BCUT2D eigenvalue weighted by Gasteiger charge is -2.18. The van der Waals surface area contributed by atoms with Gasteiger partial charge in [-0.3, -0.25) is 14.4 Å². The molecule has 0 spiro atoms. The lowest BCUT2D eigenvalue weighted by atomic mass is 10.0. The lowest BCUT2D eigenvalue weighted by Crippen LogP contribution is -2.30. The van der Waals surface area contributed by atoms with Gasteiger partial charge < -0.3 is 14.2 Å². The Morgan fingerprint density at radius 3 is 0.675 bits per heavy atom. The van der Waals surface area contributed by atoms with Crippen LogP contribution in [0.4, 0.5) is 0 Å². The lowest BCUT2D eigenvalue weighted by molar-refractivity contribution is -0.167. The van der Waals surface area contributed by atoms with Crippen LogP contribution in [0.15, 0.2) is 60.8 Å². The number of carbonyl (C=O) groups excluding carboxylic acids is 3. The highest BCUT2D eigenvalue weighted by molar-refractivity contribution is 5.71. The second-order valence-electron chi connectivity index (χ2n) is 24.9. The van der Waals surface area contributed by atoms with Crippen LogP contribution in [0.2, 0.25) is 0 Å². The zero-order valence-electron chi connectivity index (χ0n) is 55.7. The van der Waals surface area contributed by atoms with Crippen LogP contribution >= 0.6 is 0 Å². The second-order valence-corrected chi connectivity index (χ2v) is 24.9. The fraction of sp³-hybridized carbons (Fsp3) is 0.831. The summed E-state index contributed by atoms with van der Waals surface area (Å²) in [5.74, 6) is -0.856. The SMILES string of the molecule is CCCCCCC/C=C\C/C=C\C/C=C\CCCCCCCCCCCCCCC(=O)OC(COC(=O)CCCCCCCCC)COC(=O)CCCCCCCCCCCCCCCCCCCCC/C=C\C/C=C\CCCCCCC. The molecular weight excluding hydrogens is 1020 g/mol. The Kier molecular flexibility index (Phi) is 69.1. The number of rotatable bonds is 68. The van der Waals surface area contributed by atoms with Crippen molar-refractivity contribution < 1.29 is 28.6 Å². The van der Waals surface area contributed by atoms with Crippen LogP contribution in [-0.2, 0) is 28.6 Å². The first-order chi connectivity index (χ1) is 41.0. The van der Waals surface area contributed by atoms with Crippen LogP contribution in [0, 0.1) is 0 Å². The molecule has 0 saturated heterocycles. The molecule has 0 fully saturated rings. The minimum absolute atomic E-state index is 0.0700. The molecule has 484 valence electrons. The second kappa shape index (κ2) is 71.6. The van der Waals surface area contributed by atoms with Crippen molar-refractivity contribution >= 4 is 17.9 Å². The molecule has 6 heteroatoms. The van der Waals surface area contributed by atoms with Gasteiger partial charge in [0.15, 0.2) is 6.10 Å². The molecule has 0 amide bonds. The highest BCUT2D eigenvalue weighted by atomic mass is 16.6. The standard InChI is InChI=1S/C77H140O6/c1-4-7-10-13-16-18-20-22-24-26-28-30-32-34-36-37-38-39-41-42-44-46-48-50-52-54-56-58-61-64-67-70-76(79)82-73-74(72-81-75(78)69-66-63-60-15-12-9-6-3)83-77(80)71-68-65-62-59-57-55-53-51-49-47-45-43-40-35-33-31-29-27-25-23-21-19-17-14-11-8-5-2/h20-23,26-29,33,35,74H,4-19,24-25,30-32,34,36-73H2,1-3H3/b22-20-,23-21-,28-26-,29-27-,35-33-. The van der Waals surface area contributed by atoms with Crippen molar-refractivity contribution in [3.8, 4) is 0 Å². The van der Waals surface area contributed by atoms with Gasteiger partial charge in [-0.15, -0.1) is 0 Å². The zero-order valence-corrected chi connectivity index (χ0v) is 55.7. The molecule has 0 N–H and O–H groups in total. The summed E-state index contributed by atoms with van der Waals surface area (Å²) in [6.45, 7) is 6.63. The van der Waals surface area contributed by atoms with Crippen molar-refractivity contribution in [1.29, 1.82) is 0 Å². The first kappa shape index (κ1) is 80.1. The molecule has 0 aliphatic rings. The van der Waals surface area contributed by atoms with Gasteiger partial charge in [-0.2, -0.15) is 0 Å². The summed E-state index contributed by atoms with van der Waals surface area (Å²) in [5, 5.41) is 0. The molecule has 0 heterocycles. The van der Waals surface area contributed by atoms with E-state index < -0.39 is 6.10 Å². The van der Waals surface area contributed by atoms with Crippen LogP contribution in [0.3, 0.4) is 0 Å². The first-order valence-corrected chi connectivity index (χ1v) is 36.8. The molecule has 0 bridgehead atoms. The Bertz CT molecular complexity index is 1470. The third-order valence-electron chi connectivity index (χ3n) is 16.5. The summed E-state index contributed by atoms with van der Waals surface area (Å²) in [4.78, 5) is 38.2. The van der Waals surface area contributed by atoms with E-state index in [4.69, 9.17) is 14.2 Å². The average molecular weight is 1160 g/mol. The first-order valence-electron chi connectivity index (χ1n) is 36.8. The van der Waals surface area contributed by atoms with Gasteiger partial charge in [-0.1, -0.05) is 345 Å². The highest BCUT2D eigenvalue weighted by Crippen LogP contribution is 2.18. The fourth-order valence-corrected chi connectivity index (χ4v) is 11.0. The third-order valence-corrected chi connectivity index (χ3v) is 16.5. The number of hydrogen-bond acceptors (Lipinski definition) is 6. The zero-order chi connectivity index (χ0) is 59.9. The summed E-state index contributed by atoms with van der Waals surface area (Å²) in [5.41, 5.74) is 0. The molecule has 0 radical (unpaired) electrons. The van der Waals surface area contributed by atoms with Gasteiger partial charge in [0.2, 0.25) is 0 Å². The minimum Gasteiger partial charge on any atom is -0.462 e. The van der Waals surface area contributed by atoms with Gasteiger partial charge in [0.25, 0.3) is 0 Å². The van der Waals surface area contributed by atoms with Crippen LogP contribution in [0.1, 0.15) is 393 Å². The molecule has 1 unspecified atom stereocenters. The number of unbranched alkanes of at least 4 members (excludes halogenated alkanes) is 47. The van der Waals surface area contributed by atoms with E-state index in [1.165, 1.54) is 276 Å². The number of carbonyl (C=O) groups is 3. The van der Waals surface area contributed by atoms with Gasteiger partial charge in [0, 0.05) is 19.3 Å². The van der Waals surface area contributed by atoms with Gasteiger partial charge in [-0.25, -0.2) is 0 Å². The van der Waals surface area contributed by atoms with E-state index in [-0.39, 0.29) is 31.1 Å². The van der Waals surface area contributed by atoms with Gasteiger partial charge in [-0.05, 0) is 89.9 Å². The van der Waals surface area contributed by atoms with E-state index in [0.717, 1.165) is 77.0 Å². The quantitative estimate of drug-likeness (QED) is 0.0261. The smallest absolute Gasteiger partial charge is 0.306 e. The molecule has 6 nitrogen and oxygen atoms in total. The Hall–Kier alpha value is -2.89. The molecule has 0 saturated carbocycles. The van der Waals surface area contributed by atoms with Gasteiger partial charge in [0.1, 0.15) is 13.2 Å². The summed E-state index contributed by atoms with van der Waals surface area (Å²) in [6.07, 6.45) is 92.9. The monoisotopic (exact) mass is 1160 g/mol. The predicted octanol–water partition coefficient (Wildman–Crippen LogP) is 25.5. The Labute approximate surface area is 517 Å². The third kappa shape index (κ3) is 69.8. The maximum absolute atomic E-state index is 12.9. The molecule has 0 aromatic carbocycles. The van der Waals surface area contributed by atoms with Crippen LogP contribution in [0.25, 0.3) is 0 Å². The largest absolute Gasteiger partial charge is 0.462 e. The minimum atomic E-state index is -0.772. The molecule has 0 aromatic heterocycles.